The van der Waals surface area contributed by atoms with Crippen LogP contribution in [0.25, 0.3) is 99.5 Å². The van der Waals surface area contributed by atoms with Crippen LogP contribution in [0.15, 0.2) is 182 Å². The van der Waals surface area contributed by atoms with Gasteiger partial charge in [0, 0.05) is 71.4 Å². The molecule has 11 aromatic rings. The maximum atomic E-state index is 2.61. The lowest BCUT2D eigenvalue weighted by Crippen LogP contribution is -2.17. The number of allylic oxidation sites excluding steroid dienone is 5. The van der Waals surface area contributed by atoms with Crippen LogP contribution in [-0.4, -0.2) is 18.3 Å². The number of hydrogen-bond donors (Lipinski definition) is 0. The third-order valence-electron chi connectivity index (χ3n) is 12.9. The quantitative estimate of drug-likeness (QED) is 0.171. The molecule has 7 aromatic carbocycles. The van der Waals surface area contributed by atoms with Gasteiger partial charge < -0.3 is 18.3 Å². The molecular weight excluding hydrogens is 705 g/mol. The Morgan fingerprint density at radius 1 is 0.414 bits per heavy atom. The summed E-state index contributed by atoms with van der Waals surface area (Å²) in [7, 11) is 0. The summed E-state index contributed by atoms with van der Waals surface area (Å²) in [5, 5.41) is 8.97. The van der Waals surface area contributed by atoms with Gasteiger partial charge in [-0.2, -0.15) is 0 Å². The molecule has 0 amide bonds. The summed E-state index contributed by atoms with van der Waals surface area (Å²) >= 11 is 0. The summed E-state index contributed by atoms with van der Waals surface area (Å²) in [6, 6.07) is 58.8. The van der Waals surface area contributed by atoms with E-state index in [4.69, 9.17) is 0 Å². The normalized spacial score (nSPS) is 15.5. The van der Waals surface area contributed by atoms with Gasteiger partial charge in [0.2, 0.25) is 0 Å². The molecule has 0 fully saturated rings. The zero-order valence-electron chi connectivity index (χ0n) is 31.9. The van der Waals surface area contributed by atoms with Crippen LogP contribution in [-0.2, 0) is 0 Å². The molecule has 0 radical (unpaired) electrons. The zero-order chi connectivity index (χ0) is 37.9. The van der Waals surface area contributed by atoms with Crippen molar-refractivity contribution in [1.29, 1.82) is 0 Å². The fourth-order valence-corrected chi connectivity index (χ4v) is 10.6. The van der Waals surface area contributed by atoms with Gasteiger partial charge in [0.25, 0.3) is 0 Å². The first-order valence-corrected chi connectivity index (χ1v) is 20.5. The summed E-state index contributed by atoms with van der Waals surface area (Å²) in [6.07, 6.45) is 14.5. The van der Waals surface area contributed by atoms with Crippen LogP contribution < -0.4 is 0 Å². The van der Waals surface area contributed by atoms with Gasteiger partial charge in [-0.15, -0.1) is 0 Å². The molecule has 0 saturated carbocycles. The van der Waals surface area contributed by atoms with Gasteiger partial charge in [-0.25, -0.2) is 0 Å². The van der Waals surface area contributed by atoms with E-state index in [9.17, 15) is 0 Å². The molecule has 4 aromatic heterocycles. The Labute approximate surface area is 335 Å². The maximum Gasteiger partial charge on any atom is 0.0787 e. The standard InChI is InChI=1S/C54H38N4/c1-2-15-35(16-3-1)55-51-31-29-36(56-46-23-9-4-17-38(46)39-18-5-10-24-47(39)56)33-44(51)45-34-37(30-32-52(45)55)57-48-25-11-8-21-42(48)43-22-14-28-53(54(43)57)58-49-26-12-6-19-40(49)41-20-7-13-27-50(41)58/h1-2,4-15,17-27,29-34,53H,3,16,28H2. The van der Waals surface area contributed by atoms with Gasteiger partial charge in [0.15, 0.2) is 0 Å². The lowest BCUT2D eigenvalue weighted by atomic mass is 9.97. The third-order valence-corrected chi connectivity index (χ3v) is 12.9. The highest BCUT2D eigenvalue weighted by Gasteiger charge is 2.30. The van der Waals surface area contributed by atoms with Gasteiger partial charge in [-0.3, -0.25) is 0 Å². The number of aromatic nitrogens is 4. The molecule has 0 saturated heterocycles. The molecule has 4 heterocycles. The highest BCUT2D eigenvalue weighted by Crippen LogP contribution is 2.45. The number of para-hydroxylation sites is 5. The average molecular weight is 743 g/mol. The molecule has 2 aliphatic carbocycles. The minimum atomic E-state index is 0.107. The smallest absolute Gasteiger partial charge is 0.0787 e. The van der Waals surface area contributed by atoms with Crippen LogP contribution in [0.3, 0.4) is 0 Å². The summed E-state index contributed by atoms with van der Waals surface area (Å²) in [4.78, 5) is 0. The highest BCUT2D eigenvalue weighted by molar-refractivity contribution is 6.13. The fraction of sp³-hybridized carbons (Fsp3) is 0.0741. The number of benzene rings is 7. The Morgan fingerprint density at radius 3 is 1.47 bits per heavy atom. The fourth-order valence-electron chi connectivity index (χ4n) is 10.6. The first-order valence-electron chi connectivity index (χ1n) is 20.5. The molecule has 58 heavy (non-hydrogen) atoms. The van der Waals surface area contributed by atoms with Crippen LogP contribution in [0.2, 0.25) is 0 Å². The lowest BCUT2D eigenvalue weighted by molar-refractivity contribution is 0.597. The van der Waals surface area contributed by atoms with Crippen molar-refractivity contribution in [3.8, 4) is 11.4 Å². The van der Waals surface area contributed by atoms with Crippen molar-refractivity contribution in [3.05, 3.63) is 193 Å². The SMILES string of the molecule is C1=CCCC(n2c3ccc(-n4c5c(c6ccccc64)C=CCC5n4c5ccccc5c5ccccc54)cc3c3cc(-n4c5ccccc5c5ccccc54)ccc32)=C1. The predicted molar refractivity (Wildman–Crippen MR) is 244 cm³/mol. The third kappa shape index (κ3) is 4.34. The van der Waals surface area contributed by atoms with Crippen LogP contribution in [0, 0.1) is 0 Å². The average Bonchev–Trinajstić information content (AvgIpc) is 4.01. The number of rotatable bonds is 4. The minimum absolute atomic E-state index is 0.107. The second-order valence-corrected chi connectivity index (χ2v) is 15.9. The number of fused-ring (bicyclic) bond motifs is 12. The summed E-state index contributed by atoms with van der Waals surface area (Å²) < 4.78 is 10.1. The van der Waals surface area contributed by atoms with Crippen LogP contribution >= 0.6 is 0 Å². The molecule has 4 heteroatoms. The van der Waals surface area contributed by atoms with Gasteiger partial charge in [0.1, 0.15) is 0 Å². The summed E-state index contributed by atoms with van der Waals surface area (Å²) in [5.41, 5.74) is 15.1. The van der Waals surface area contributed by atoms with Crippen molar-refractivity contribution >= 4 is 88.1 Å². The van der Waals surface area contributed by atoms with Gasteiger partial charge >= 0.3 is 0 Å². The molecule has 4 nitrogen and oxygen atoms in total. The summed E-state index contributed by atoms with van der Waals surface area (Å²) in [5.74, 6) is 0. The largest absolute Gasteiger partial charge is 0.331 e. The van der Waals surface area contributed by atoms with Crippen molar-refractivity contribution in [2.24, 2.45) is 0 Å². The van der Waals surface area contributed by atoms with Crippen LogP contribution in [0.1, 0.15) is 36.6 Å². The summed E-state index contributed by atoms with van der Waals surface area (Å²) in [6.45, 7) is 0. The second kappa shape index (κ2) is 12.1. The van der Waals surface area contributed by atoms with E-state index in [0.717, 1.165) is 19.3 Å². The van der Waals surface area contributed by atoms with E-state index in [-0.39, 0.29) is 6.04 Å². The Balaban J connectivity index is 1.10. The van der Waals surface area contributed by atoms with E-state index in [2.05, 4.69) is 206 Å². The van der Waals surface area contributed by atoms with Gasteiger partial charge in [0.05, 0.1) is 39.3 Å². The van der Waals surface area contributed by atoms with Crippen LogP contribution in [0.5, 0.6) is 0 Å². The number of nitrogens with zero attached hydrogens (tertiary/aromatic N) is 4. The molecule has 0 aliphatic heterocycles. The Hall–Kier alpha value is -7.30. The van der Waals surface area contributed by atoms with E-state index >= 15 is 0 Å². The van der Waals surface area contributed by atoms with Crippen molar-refractivity contribution in [3.63, 3.8) is 0 Å². The molecule has 1 unspecified atom stereocenters. The molecule has 0 spiro atoms. The van der Waals surface area contributed by atoms with Crippen molar-refractivity contribution < 1.29 is 0 Å². The zero-order valence-corrected chi connectivity index (χ0v) is 31.9. The molecular formula is C54H38N4. The lowest BCUT2D eigenvalue weighted by Gasteiger charge is -2.26. The van der Waals surface area contributed by atoms with Crippen LogP contribution in [0.4, 0.5) is 0 Å². The first-order chi connectivity index (χ1) is 28.8. The minimum Gasteiger partial charge on any atom is -0.331 e. The van der Waals surface area contributed by atoms with Gasteiger partial charge in [-0.1, -0.05) is 115 Å². The molecule has 2 aliphatic rings. The Bertz CT molecular complexity index is 3500. The topological polar surface area (TPSA) is 19.7 Å². The second-order valence-electron chi connectivity index (χ2n) is 15.9. The van der Waals surface area contributed by atoms with E-state index < -0.39 is 0 Å². The molecule has 274 valence electrons. The molecule has 1 atom stereocenters. The van der Waals surface area contributed by atoms with Crippen molar-refractivity contribution in [2.45, 2.75) is 25.3 Å². The first kappa shape index (κ1) is 31.9. The number of hydrogen-bond acceptors (Lipinski definition) is 0. The Morgan fingerprint density at radius 2 is 0.897 bits per heavy atom. The van der Waals surface area contributed by atoms with Crippen molar-refractivity contribution in [1.82, 2.24) is 18.3 Å². The monoisotopic (exact) mass is 742 g/mol. The van der Waals surface area contributed by atoms with Gasteiger partial charge in [-0.05, 0) is 92.1 Å². The maximum absolute atomic E-state index is 2.61. The van der Waals surface area contributed by atoms with Crippen molar-refractivity contribution in [2.75, 3.05) is 0 Å². The van der Waals surface area contributed by atoms with E-state index in [0.29, 0.717) is 0 Å². The molecule has 0 bridgehead atoms. The highest BCUT2D eigenvalue weighted by atomic mass is 15.1. The predicted octanol–water partition coefficient (Wildman–Crippen LogP) is 14.1. The van der Waals surface area contributed by atoms with E-state index in [1.165, 1.54) is 105 Å². The molecule has 13 rings (SSSR count). The Kier molecular flexibility index (Phi) is 6.65. The van der Waals surface area contributed by atoms with E-state index in [1.807, 2.05) is 0 Å². The molecule has 0 N–H and O–H groups in total. The van der Waals surface area contributed by atoms with E-state index in [1.54, 1.807) is 0 Å².